The van der Waals surface area contributed by atoms with Crippen LogP contribution < -0.4 is 10.2 Å². The zero-order valence-electron chi connectivity index (χ0n) is 19.4. The number of rotatable bonds is 4. The minimum absolute atomic E-state index is 0.107. The number of aromatic nitrogens is 2. The van der Waals surface area contributed by atoms with Crippen LogP contribution in [0.2, 0.25) is 10.0 Å². The van der Waals surface area contributed by atoms with Gasteiger partial charge in [-0.2, -0.15) is 0 Å². The van der Waals surface area contributed by atoms with Gasteiger partial charge in [0.05, 0.1) is 28.5 Å². The van der Waals surface area contributed by atoms with Crippen molar-refractivity contribution in [2.75, 3.05) is 4.90 Å². The number of hydrogen-bond acceptors (Lipinski definition) is 2. The molecule has 178 valence electrons. The Hall–Kier alpha value is -2.38. The first kappa shape index (κ1) is 24.3. The Balaban J connectivity index is 1.70. The highest BCUT2D eigenvalue weighted by Crippen LogP contribution is 2.44. The van der Waals surface area contributed by atoms with E-state index in [4.69, 9.17) is 35.4 Å². The van der Waals surface area contributed by atoms with Gasteiger partial charge in [-0.15, -0.1) is 0 Å². The molecule has 8 heteroatoms. The molecule has 0 radical (unpaired) electrons. The SMILES string of the molecule is Cc1cc(N2C(=S)N[C@@H](c3ccccn3)[C@@H]2c2cc(C)n(-c3ccc(Cl)cc3Cl)c2C)ccc1Br. The van der Waals surface area contributed by atoms with Crippen LogP contribution in [0, 0.1) is 20.8 Å². The van der Waals surface area contributed by atoms with Gasteiger partial charge >= 0.3 is 0 Å². The van der Waals surface area contributed by atoms with Gasteiger partial charge in [-0.1, -0.05) is 45.2 Å². The van der Waals surface area contributed by atoms with Crippen LogP contribution in [-0.2, 0) is 0 Å². The fraction of sp³-hybridized carbons (Fsp3) is 0.185. The predicted octanol–water partition coefficient (Wildman–Crippen LogP) is 8.04. The Kier molecular flexibility index (Phi) is 6.66. The lowest BCUT2D eigenvalue weighted by molar-refractivity contribution is 0.565. The number of benzene rings is 2. The number of nitrogens with zero attached hydrogens (tertiary/aromatic N) is 3. The van der Waals surface area contributed by atoms with Crippen LogP contribution in [0.3, 0.4) is 0 Å². The standard InChI is InChI=1S/C27H23BrCl2N4S/c1-15-12-19(8-9-21(15)28)34-26(25(32-27(34)35)23-6-4-5-11-31-23)20-13-16(2)33(17(20)3)24-10-7-18(29)14-22(24)30/h4-14,25-26H,1-3H3,(H,32,35)/t25-,26-/m0/s1. The fourth-order valence-electron chi connectivity index (χ4n) is 4.85. The second kappa shape index (κ2) is 9.58. The van der Waals surface area contributed by atoms with Crippen molar-refractivity contribution < 1.29 is 0 Å². The van der Waals surface area contributed by atoms with E-state index in [1.807, 2.05) is 36.5 Å². The zero-order chi connectivity index (χ0) is 24.9. The maximum atomic E-state index is 6.62. The molecule has 2 aromatic heterocycles. The zero-order valence-corrected chi connectivity index (χ0v) is 23.3. The van der Waals surface area contributed by atoms with Crippen LogP contribution in [0.4, 0.5) is 5.69 Å². The van der Waals surface area contributed by atoms with Gasteiger partial charge in [0.2, 0.25) is 0 Å². The summed E-state index contributed by atoms with van der Waals surface area (Å²) in [7, 11) is 0. The molecule has 1 aliphatic rings. The maximum absolute atomic E-state index is 6.62. The number of halogens is 3. The van der Waals surface area contributed by atoms with Crippen molar-refractivity contribution in [3.05, 3.63) is 110 Å². The third kappa shape index (κ3) is 4.38. The lowest BCUT2D eigenvalue weighted by Crippen LogP contribution is -2.29. The largest absolute Gasteiger partial charge is 0.351 e. The molecule has 1 N–H and O–H groups in total. The summed E-state index contributed by atoms with van der Waals surface area (Å²) in [6.07, 6.45) is 1.82. The Bertz CT molecular complexity index is 1440. The topological polar surface area (TPSA) is 33.1 Å². The van der Waals surface area contributed by atoms with E-state index in [1.54, 1.807) is 6.07 Å². The van der Waals surface area contributed by atoms with Crippen LogP contribution in [0.25, 0.3) is 5.69 Å². The average molecular weight is 586 g/mol. The summed E-state index contributed by atoms with van der Waals surface area (Å²) in [5.74, 6) is 0. The lowest BCUT2D eigenvalue weighted by atomic mass is 9.96. The molecule has 1 aliphatic heterocycles. The molecule has 1 saturated heterocycles. The Labute approximate surface area is 229 Å². The summed E-state index contributed by atoms with van der Waals surface area (Å²) in [6, 6.07) is 19.9. The maximum Gasteiger partial charge on any atom is 0.174 e. The van der Waals surface area contributed by atoms with E-state index in [9.17, 15) is 0 Å². The molecule has 0 bridgehead atoms. The van der Waals surface area contributed by atoms with Gasteiger partial charge in [-0.25, -0.2) is 0 Å². The molecule has 0 saturated carbocycles. The number of aryl methyl sites for hydroxylation is 2. The highest BCUT2D eigenvalue weighted by molar-refractivity contribution is 9.10. The molecule has 0 amide bonds. The summed E-state index contributed by atoms with van der Waals surface area (Å²) >= 11 is 22.3. The van der Waals surface area contributed by atoms with Crippen molar-refractivity contribution in [2.45, 2.75) is 32.9 Å². The molecule has 2 atom stereocenters. The van der Waals surface area contributed by atoms with E-state index in [0.717, 1.165) is 44.1 Å². The quantitative estimate of drug-likeness (QED) is 0.246. The van der Waals surface area contributed by atoms with E-state index in [1.165, 1.54) is 0 Å². The molecule has 5 rings (SSSR count). The molecule has 0 spiro atoms. The van der Waals surface area contributed by atoms with E-state index < -0.39 is 0 Å². The van der Waals surface area contributed by atoms with E-state index in [2.05, 4.69) is 80.7 Å². The van der Waals surface area contributed by atoms with Gasteiger partial charge in [0.1, 0.15) is 0 Å². The van der Waals surface area contributed by atoms with Crippen molar-refractivity contribution >= 4 is 62.1 Å². The van der Waals surface area contributed by atoms with Crippen LogP contribution in [0.1, 0.15) is 40.3 Å². The van der Waals surface area contributed by atoms with Crippen LogP contribution in [-0.4, -0.2) is 14.7 Å². The number of nitrogens with one attached hydrogen (secondary N) is 1. The van der Waals surface area contributed by atoms with E-state index in [0.29, 0.717) is 15.2 Å². The van der Waals surface area contributed by atoms with Gasteiger partial charge in [0.15, 0.2) is 5.11 Å². The molecule has 0 aliphatic carbocycles. The minimum atomic E-state index is -0.123. The lowest BCUT2D eigenvalue weighted by Gasteiger charge is -2.28. The Morgan fingerprint density at radius 3 is 2.49 bits per heavy atom. The monoisotopic (exact) mass is 584 g/mol. The highest BCUT2D eigenvalue weighted by Gasteiger charge is 2.42. The molecule has 4 aromatic rings. The summed E-state index contributed by atoms with van der Waals surface area (Å²) in [5.41, 5.74) is 7.31. The van der Waals surface area contributed by atoms with Crippen molar-refractivity contribution in [3.63, 3.8) is 0 Å². The highest BCUT2D eigenvalue weighted by atomic mass is 79.9. The molecule has 35 heavy (non-hydrogen) atoms. The fourth-order valence-corrected chi connectivity index (χ4v) is 5.93. The van der Waals surface area contributed by atoms with Crippen LogP contribution in [0.15, 0.2) is 71.3 Å². The summed E-state index contributed by atoms with van der Waals surface area (Å²) in [4.78, 5) is 6.87. The molecule has 3 heterocycles. The predicted molar refractivity (Wildman–Crippen MR) is 152 cm³/mol. The molecule has 2 aromatic carbocycles. The smallest absolute Gasteiger partial charge is 0.174 e. The summed E-state index contributed by atoms with van der Waals surface area (Å²) in [6.45, 7) is 6.29. The first-order valence-corrected chi connectivity index (χ1v) is 13.1. The van der Waals surface area contributed by atoms with Crippen LogP contribution >= 0.6 is 51.3 Å². The summed E-state index contributed by atoms with van der Waals surface area (Å²) < 4.78 is 3.24. The average Bonchev–Trinajstić information content (AvgIpc) is 3.32. The Morgan fingerprint density at radius 1 is 1.00 bits per heavy atom. The van der Waals surface area contributed by atoms with Gasteiger partial charge in [-0.3, -0.25) is 4.98 Å². The third-order valence-corrected chi connectivity index (χ3v) is 8.20. The number of pyridine rings is 1. The third-order valence-electron chi connectivity index (χ3n) is 6.46. The van der Waals surface area contributed by atoms with Gasteiger partial charge in [-0.05, 0) is 98.7 Å². The van der Waals surface area contributed by atoms with Gasteiger partial charge in [0.25, 0.3) is 0 Å². The summed E-state index contributed by atoms with van der Waals surface area (Å²) in [5, 5.41) is 5.43. The Morgan fingerprint density at radius 2 is 1.80 bits per heavy atom. The van der Waals surface area contributed by atoms with Crippen molar-refractivity contribution in [2.24, 2.45) is 0 Å². The van der Waals surface area contributed by atoms with Crippen molar-refractivity contribution in [1.82, 2.24) is 14.9 Å². The number of thiocarbonyl (C=S) groups is 1. The van der Waals surface area contributed by atoms with Crippen LogP contribution in [0.5, 0.6) is 0 Å². The molecular formula is C27H23BrCl2N4S. The first-order valence-electron chi connectivity index (χ1n) is 11.2. The van der Waals surface area contributed by atoms with E-state index in [-0.39, 0.29) is 12.1 Å². The van der Waals surface area contributed by atoms with Gasteiger partial charge < -0.3 is 14.8 Å². The molecule has 4 nitrogen and oxygen atoms in total. The number of hydrogen-bond donors (Lipinski definition) is 1. The molecule has 1 fully saturated rings. The van der Waals surface area contributed by atoms with Gasteiger partial charge in [0, 0.05) is 32.8 Å². The van der Waals surface area contributed by atoms with E-state index >= 15 is 0 Å². The molecular weight excluding hydrogens is 563 g/mol. The van der Waals surface area contributed by atoms with Crippen molar-refractivity contribution in [3.8, 4) is 5.69 Å². The van der Waals surface area contributed by atoms with Crippen molar-refractivity contribution in [1.29, 1.82) is 0 Å². The molecule has 0 unspecified atom stereocenters. The second-order valence-corrected chi connectivity index (χ2v) is 10.8. The second-order valence-electron chi connectivity index (χ2n) is 8.69. The first-order chi connectivity index (χ1) is 16.8. The minimum Gasteiger partial charge on any atom is -0.351 e. The normalized spacial score (nSPS) is 17.7. The number of anilines is 1.